The molecule has 2 aliphatic rings. The van der Waals surface area contributed by atoms with E-state index in [9.17, 15) is 9.59 Å². The van der Waals surface area contributed by atoms with Gasteiger partial charge in [0.2, 0.25) is 5.88 Å². The summed E-state index contributed by atoms with van der Waals surface area (Å²) in [6.45, 7) is 0.324. The van der Waals surface area contributed by atoms with Crippen LogP contribution < -0.4 is 5.73 Å². The Bertz CT molecular complexity index is 799. The lowest BCUT2D eigenvalue weighted by Gasteiger charge is -2.32. The van der Waals surface area contributed by atoms with Gasteiger partial charge in [-0.25, -0.2) is 4.79 Å². The minimum Gasteiger partial charge on any atom is -0.460 e. The Labute approximate surface area is 156 Å². The first-order valence-electron chi connectivity index (χ1n) is 8.38. The fraction of sp³-hybridized carbons (Fsp3) is 0.368. The number of ketones is 1. The fourth-order valence-electron chi connectivity index (χ4n) is 3.27. The Morgan fingerprint density at radius 2 is 2.08 bits per heavy atom. The van der Waals surface area contributed by atoms with E-state index < -0.39 is 11.9 Å². The van der Waals surface area contributed by atoms with Crippen LogP contribution in [0, 0.1) is 0 Å². The molecule has 1 aromatic rings. The number of nitrogens with two attached hydrogens (primary N) is 1. The number of esters is 1. The molecule has 1 aliphatic heterocycles. The van der Waals surface area contributed by atoms with Crippen molar-refractivity contribution in [3.05, 3.63) is 57.6 Å². The van der Waals surface area contributed by atoms with Gasteiger partial charge in [0.25, 0.3) is 0 Å². The Balaban J connectivity index is 2.07. The number of carbonyl (C=O) groups excluding carboxylic acids is 2. The third kappa shape index (κ3) is 3.48. The van der Waals surface area contributed by atoms with E-state index >= 15 is 0 Å². The lowest BCUT2D eigenvalue weighted by molar-refractivity contribution is -0.140. The molecule has 26 heavy (non-hydrogen) atoms. The molecule has 0 spiro atoms. The molecule has 0 radical (unpaired) electrons. The zero-order valence-electron chi connectivity index (χ0n) is 14.4. The topological polar surface area (TPSA) is 87.8 Å². The molecule has 1 unspecified atom stereocenters. The van der Waals surface area contributed by atoms with Gasteiger partial charge in [-0.3, -0.25) is 4.79 Å². The summed E-state index contributed by atoms with van der Waals surface area (Å²) in [6.07, 6.45) is 1.68. The smallest absolute Gasteiger partial charge is 0.340 e. The van der Waals surface area contributed by atoms with E-state index in [4.69, 9.17) is 31.5 Å². The van der Waals surface area contributed by atoms with Gasteiger partial charge in [0.15, 0.2) is 5.78 Å². The van der Waals surface area contributed by atoms with Gasteiger partial charge >= 0.3 is 5.97 Å². The molecule has 0 aromatic heterocycles. The summed E-state index contributed by atoms with van der Waals surface area (Å²) in [5.41, 5.74) is 7.22. The van der Waals surface area contributed by atoms with Crippen molar-refractivity contribution in [2.45, 2.75) is 25.2 Å². The second-order valence-corrected chi connectivity index (χ2v) is 6.48. The maximum atomic E-state index is 12.7. The highest BCUT2D eigenvalue weighted by Gasteiger charge is 2.41. The molecule has 3 rings (SSSR count). The standard InChI is InChI=1S/C19H20ClNO5/c1-24-9-10-25-19(23)17-15(11-5-2-3-6-12(11)20)16-13(22)7-4-8-14(16)26-18(17)21/h2-3,5-6,15H,4,7-10,21H2,1H3. The van der Waals surface area contributed by atoms with Gasteiger partial charge in [-0.15, -0.1) is 0 Å². The second-order valence-electron chi connectivity index (χ2n) is 6.08. The Morgan fingerprint density at radius 3 is 2.81 bits per heavy atom. The molecule has 0 bridgehead atoms. The van der Waals surface area contributed by atoms with Gasteiger partial charge in [-0.1, -0.05) is 29.8 Å². The number of hydrogen-bond donors (Lipinski definition) is 1. The summed E-state index contributed by atoms with van der Waals surface area (Å²) in [6, 6.07) is 7.07. The Morgan fingerprint density at radius 1 is 1.31 bits per heavy atom. The summed E-state index contributed by atoms with van der Waals surface area (Å²) in [5.74, 6) is -0.946. The van der Waals surface area contributed by atoms with Gasteiger partial charge in [0.05, 0.1) is 12.5 Å². The van der Waals surface area contributed by atoms with E-state index in [1.165, 1.54) is 7.11 Å². The number of hydrogen-bond acceptors (Lipinski definition) is 6. The Hall–Kier alpha value is -2.31. The quantitative estimate of drug-likeness (QED) is 0.627. The zero-order valence-corrected chi connectivity index (χ0v) is 15.2. The van der Waals surface area contributed by atoms with Crippen LogP contribution >= 0.6 is 11.6 Å². The van der Waals surface area contributed by atoms with Gasteiger partial charge in [0, 0.05) is 30.5 Å². The average Bonchev–Trinajstić information content (AvgIpc) is 2.61. The molecule has 1 aliphatic carbocycles. The molecule has 6 nitrogen and oxygen atoms in total. The van der Waals surface area contributed by atoms with Crippen LogP contribution in [-0.2, 0) is 23.8 Å². The van der Waals surface area contributed by atoms with Crippen LogP contribution in [0.4, 0.5) is 0 Å². The molecule has 138 valence electrons. The molecular weight excluding hydrogens is 358 g/mol. The Kier molecular flexibility index (Phi) is 5.64. The first-order chi connectivity index (χ1) is 12.5. The molecule has 0 saturated heterocycles. The molecule has 2 N–H and O–H groups in total. The number of halogens is 1. The number of Topliss-reactive ketones (excluding diaryl/α,β-unsaturated/α-hetero) is 1. The minimum absolute atomic E-state index is 0.0502. The molecule has 7 heteroatoms. The van der Waals surface area contributed by atoms with Crippen molar-refractivity contribution in [2.75, 3.05) is 20.3 Å². The van der Waals surface area contributed by atoms with Gasteiger partial charge in [-0.05, 0) is 18.1 Å². The van der Waals surface area contributed by atoms with Gasteiger partial charge in [-0.2, -0.15) is 0 Å². The molecule has 1 heterocycles. The van der Waals surface area contributed by atoms with Crippen LogP contribution in [-0.4, -0.2) is 32.1 Å². The molecule has 0 fully saturated rings. The largest absolute Gasteiger partial charge is 0.460 e. The van der Waals surface area contributed by atoms with Gasteiger partial charge in [0.1, 0.15) is 17.9 Å². The second kappa shape index (κ2) is 7.93. The highest BCUT2D eigenvalue weighted by molar-refractivity contribution is 6.31. The summed E-state index contributed by atoms with van der Waals surface area (Å²) in [5, 5.41) is 0.444. The lowest BCUT2D eigenvalue weighted by atomic mass is 9.77. The van der Waals surface area contributed by atoms with E-state index in [0.29, 0.717) is 41.2 Å². The molecule has 0 amide bonds. The average molecular weight is 378 g/mol. The molecule has 1 atom stereocenters. The van der Waals surface area contributed by atoms with E-state index in [2.05, 4.69) is 0 Å². The van der Waals surface area contributed by atoms with Crippen LogP contribution in [0.2, 0.25) is 5.02 Å². The zero-order chi connectivity index (χ0) is 18.7. The molecule has 0 saturated carbocycles. The number of carbonyl (C=O) groups is 2. The van der Waals surface area contributed by atoms with Crippen LogP contribution in [0.15, 0.2) is 47.1 Å². The van der Waals surface area contributed by atoms with E-state index in [1.54, 1.807) is 24.3 Å². The summed E-state index contributed by atoms with van der Waals surface area (Å²) < 4.78 is 15.8. The summed E-state index contributed by atoms with van der Waals surface area (Å²) in [7, 11) is 1.51. The van der Waals surface area contributed by atoms with Crippen LogP contribution in [0.5, 0.6) is 0 Å². The monoisotopic (exact) mass is 377 g/mol. The van der Waals surface area contributed by atoms with Crippen LogP contribution in [0.25, 0.3) is 0 Å². The van der Waals surface area contributed by atoms with Crippen molar-refractivity contribution >= 4 is 23.4 Å². The maximum absolute atomic E-state index is 12.7. The molecule has 1 aromatic carbocycles. The van der Waals surface area contributed by atoms with Crippen molar-refractivity contribution < 1.29 is 23.8 Å². The van der Waals surface area contributed by atoms with Crippen molar-refractivity contribution in [1.29, 1.82) is 0 Å². The highest BCUT2D eigenvalue weighted by Crippen LogP contribution is 2.45. The van der Waals surface area contributed by atoms with Crippen molar-refractivity contribution in [3.63, 3.8) is 0 Å². The lowest BCUT2D eigenvalue weighted by Crippen LogP contribution is -2.32. The van der Waals surface area contributed by atoms with Crippen LogP contribution in [0.3, 0.4) is 0 Å². The van der Waals surface area contributed by atoms with Crippen molar-refractivity contribution in [1.82, 2.24) is 0 Å². The van der Waals surface area contributed by atoms with E-state index in [0.717, 1.165) is 0 Å². The normalized spacial score (nSPS) is 19.9. The first kappa shape index (κ1) is 18.5. The van der Waals surface area contributed by atoms with E-state index in [-0.39, 0.29) is 30.5 Å². The van der Waals surface area contributed by atoms with Gasteiger partial charge < -0.3 is 19.9 Å². The number of ether oxygens (including phenoxy) is 3. The number of benzene rings is 1. The van der Waals surface area contributed by atoms with Crippen LogP contribution in [0.1, 0.15) is 30.7 Å². The van der Waals surface area contributed by atoms with Crippen molar-refractivity contribution in [2.24, 2.45) is 5.73 Å². The third-order valence-electron chi connectivity index (χ3n) is 4.44. The maximum Gasteiger partial charge on any atom is 0.340 e. The van der Waals surface area contributed by atoms with Crippen molar-refractivity contribution in [3.8, 4) is 0 Å². The first-order valence-corrected chi connectivity index (χ1v) is 8.76. The summed E-state index contributed by atoms with van der Waals surface area (Å²) >= 11 is 6.37. The van der Waals surface area contributed by atoms with E-state index in [1.807, 2.05) is 0 Å². The number of rotatable bonds is 5. The minimum atomic E-state index is -0.699. The highest BCUT2D eigenvalue weighted by atomic mass is 35.5. The summed E-state index contributed by atoms with van der Waals surface area (Å²) in [4.78, 5) is 25.3. The predicted molar refractivity (Wildman–Crippen MR) is 95.2 cm³/mol. The third-order valence-corrected chi connectivity index (χ3v) is 4.79. The predicted octanol–water partition coefficient (Wildman–Crippen LogP) is 2.82. The fourth-order valence-corrected chi connectivity index (χ4v) is 3.52. The molecular formula is C19H20ClNO5. The SMILES string of the molecule is COCCOC(=O)C1=C(N)OC2=C(C(=O)CCC2)C1c1ccccc1Cl. The number of allylic oxidation sites excluding steroid dienone is 2. The number of methoxy groups -OCH3 is 1.